The fraction of sp³-hybridized carbons (Fsp3) is 0.167. The predicted molar refractivity (Wildman–Crippen MR) is 89.6 cm³/mol. The first-order valence-corrected chi connectivity index (χ1v) is 7.55. The van der Waals surface area contributed by atoms with Crippen LogP contribution in [0.15, 0.2) is 48.5 Å². The molecule has 0 saturated carbocycles. The van der Waals surface area contributed by atoms with Crippen molar-refractivity contribution in [3.05, 3.63) is 70.2 Å². The molecule has 0 aliphatic heterocycles. The van der Waals surface area contributed by atoms with Crippen LogP contribution in [-0.4, -0.2) is 25.0 Å². The molecule has 6 heteroatoms. The summed E-state index contributed by atoms with van der Waals surface area (Å²) in [6, 6.07) is 14.3. The van der Waals surface area contributed by atoms with Crippen molar-refractivity contribution >= 4 is 23.5 Å². The van der Waals surface area contributed by atoms with Crippen LogP contribution >= 0.6 is 11.6 Å². The number of hydrogen-bond acceptors (Lipinski definition) is 4. The van der Waals surface area contributed by atoms with E-state index in [0.717, 1.165) is 5.56 Å². The monoisotopic (exact) mass is 342 g/mol. The normalized spacial score (nSPS) is 11.2. The van der Waals surface area contributed by atoms with Crippen LogP contribution in [0, 0.1) is 11.3 Å². The van der Waals surface area contributed by atoms with Crippen molar-refractivity contribution in [1.82, 2.24) is 5.32 Å². The minimum atomic E-state index is -0.863. The molecule has 0 bridgehead atoms. The second-order valence-electron chi connectivity index (χ2n) is 5.03. The van der Waals surface area contributed by atoms with Crippen molar-refractivity contribution in [2.24, 2.45) is 0 Å². The van der Waals surface area contributed by atoms with Gasteiger partial charge >= 0.3 is 5.97 Å². The van der Waals surface area contributed by atoms with Gasteiger partial charge in [0.15, 0.2) is 0 Å². The number of methoxy groups -OCH3 is 1. The lowest BCUT2D eigenvalue weighted by molar-refractivity contribution is -0.142. The number of nitriles is 1. The first kappa shape index (κ1) is 17.5. The molecule has 0 aromatic heterocycles. The van der Waals surface area contributed by atoms with Crippen molar-refractivity contribution in [2.45, 2.75) is 12.5 Å². The van der Waals surface area contributed by atoms with Crippen LogP contribution in [0.25, 0.3) is 0 Å². The van der Waals surface area contributed by atoms with Gasteiger partial charge in [-0.05, 0) is 35.9 Å². The third-order valence-corrected chi connectivity index (χ3v) is 3.82. The summed E-state index contributed by atoms with van der Waals surface area (Å²) in [5.41, 5.74) is 1.53. The molecule has 2 aromatic carbocycles. The Balaban J connectivity index is 2.16. The van der Waals surface area contributed by atoms with E-state index in [1.807, 2.05) is 6.07 Å². The van der Waals surface area contributed by atoms with Crippen molar-refractivity contribution in [3.63, 3.8) is 0 Å². The van der Waals surface area contributed by atoms with Gasteiger partial charge in [0, 0.05) is 17.0 Å². The molecule has 0 spiro atoms. The summed E-state index contributed by atoms with van der Waals surface area (Å²) < 4.78 is 4.76. The molecule has 122 valence electrons. The number of carbonyl (C=O) groups is 2. The lowest BCUT2D eigenvalue weighted by Gasteiger charge is -2.17. The molecule has 5 nitrogen and oxygen atoms in total. The van der Waals surface area contributed by atoms with E-state index < -0.39 is 17.9 Å². The molecule has 0 fully saturated rings. The van der Waals surface area contributed by atoms with Crippen molar-refractivity contribution in [1.29, 1.82) is 5.26 Å². The number of nitrogens with one attached hydrogen (secondary N) is 1. The fourth-order valence-electron chi connectivity index (χ4n) is 2.16. The van der Waals surface area contributed by atoms with Gasteiger partial charge in [-0.25, -0.2) is 4.79 Å². The SMILES string of the molecule is COC(=O)[C@@H](Cc1ccccc1Cl)NC(=O)c1ccc(C#N)cc1. The minimum absolute atomic E-state index is 0.217. The Labute approximate surface area is 144 Å². The maximum absolute atomic E-state index is 12.3. The van der Waals surface area contributed by atoms with Crippen LogP contribution in [0.3, 0.4) is 0 Å². The van der Waals surface area contributed by atoms with Gasteiger partial charge in [-0.2, -0.15) is 5.26 Å². The molecule has 0 aliphatic carbocycles. The Morgan fingerprint density at radius 1 is 1.21 bits per heavy atom. The molecule has 0 unspecified atom stereocenters. The molecule has 1 atom stereocenters. The quantitative estimate of drug-likeness (QED) is 0.847. The van der Waals surface area contributed by atoms with E-state index >= 15 is 0 Å². The van der Waals surface area contributed by atoms with Gasteiger partial charge in [0.25, 0.3) is 5.91 Å². The number of amides is 1. The van der Waals surface area contributed by atoms with Crippen molar-refractivity contribution < 1.29 is 14.3 Å². The van der Waals surface area contributed by atoms with E-state index in [2.05, 4.69) is 5.32 Å². The summed E-state index contributed by atoms with van der Waals surface area (Å²) >= 11 is 6.11. The topological polar surface area (TPSA) is 79.2 Å². The Morgan fingerprint density at radius 2 is 1.88 bits per heavy atom. The maximum Gasteiger partial charge on any atom is 0.328 e. The average molecular weight is 343 g/mol. The number of esters is 1. The van der Waals surface area contributed by atoms with Gasteiger partial charge in [-0.3, -0.25) is 4.79 Å². The molecule has 1 amide bonds. The van der Waals surface area contributed by atoms with Crippen LogP contribution in [0.2, 0.25) is 5.02 Å². The fourth-order valence-corrected chi connectivity index (χ4v) is 2.37. The maximum atomic E-state index is 12.3. The molecule has 0 aliphatic rings. The third kappa shape index (κ3) is 4.34. The molecule has 2 rings (SSSR count). The average Bonchev–Trinajstić information content (AvgIpc) is 2.62. The second kappa shape index (κ2) is 8.14. The molecule has 0 radical (unpaired) electrons. The third-order valence-electron chi connectivity index (χ3n) is 3.45. The lowest BCUT2D eigenvalue weighted by Crippen LogP contribution is -2.43. The predicted octanol–water partition coefficient (Wildman–Crippen LogP) is 2.73. The highest BCUT2D eigenvalue weighted by molar-refractivity contribution is 6.31. The summed E-state index contributed by atoms with van der Waals surface area (Å²) in [5.74, 6) is -0.987. The first-order chi connectivity index (χ1) is 11.5. The summed E-state index contributed by atoms with van der Waals surface area (Å²) in [5, 5.41) is 11.9. The smallest absolute Gasteiger partial charge is 0.328 e. The zero-order valence-electron chi connectivity index (χ0n) is 13.0. The Morgan fingerprint density at radius 3 is 2.46 bits per heavy atom. The second-order valence-corrected chi connectivity index (χ2v) is 5.44. The van der Waals surface area contributed by atoms with Crippen LogP contribution in [-0.2, 0) is 16.0 Å². The van der Waals surface area contributed by atoms with Gasteiger partial charge in [0.2, 0.25) is 0 Å². The van der Waals surface area contributed by atoms with E-state index in [0.29, 0.717) is 16.1 Å². The number of hydrogen-bond donors (Lipinski definition) is 1. The molecule has 1 N–H and O–H groups in total. The highest BCUT2D eigenvalue weighted by atomic mass is 35.5. The minimum Gasteiger partial charge on any atom is -0.467 e. The number of rotatable bonds is 5. The molecule has 0 heterocycles. The summed E-state index contributed by atoms with van der Waals surface area (Å²) in [4.78, 5) is 24.3. The highest BCUT2D eigenvalue weighted by Crippen LogP contribution is 2.17. The van der Waals surface area contributed by atoms with E-state index in [1.54, 1.807) is 24.3 Å². The van der Waals surface area contributed by atoms with Gasteiger partial charge in [-0.15, -0.1) is 0 Å². The lowest BCUT2D eigenvalue weighted by atomic mass is 10.0. The Hall–Kier alpha value is -2.84. The Bertz CT molecular complexity index is 782. The summed E-state index contributed by atoms with van der Waals surface area (Å²) in [6.45, 7) is 0. The van der Waals surface area contributed by atoms with Crippen molar-refractivity contribution in [3.8, 4) is 6.07 Å². The van der Waals surface area contributed by atoms with Crippen LogP contribution in [0.5, 0.6) is 0 Å². The standard InChI is InChI=1S/C18H15ClN2O3/c1-24-18(23)16(10-14-4-2-3-5-15(14)19)21-17(22)13-8-6-12(11-20)7-9-13/h2-9,16H,10H2,1H3,(H,21,22)/t16-/m1/s1. The molecule has 2 aromatic rings. The zero-order valence-corrected chi connectivity index (χ0v) is 13.7. The summed E-state index contributed by atoms with van der Waals surface area (Å²) in [7, 11) is 1.26. The number of carbonyl (C=O) groups excluding carboxylic acids is 2. The molecule has 24 heavy (non-hydrogen) atoms. The number of benzene rings is 2. The van der Waals surface area contributed by atoms with Gasteiger partial charge in [0.1, 0.15) is 6.04 Å². The molecule has 0 saturated heterocycles. The van der Waals surface area contributed by atoms with Crippen LogP contribution < -0.4 is 5.32 Å². The van der Waals surface area contributed by atoms with E-state index in [-0.39, 0.29) is 6.42 Å². The number of nitrogens with zero attached hydrogens (tertiary/aromatic N) is 1. The van der Waals surface area contributed by atoms with Gasteiger partial charge in [-0.1, -0.05) is 29.8 Å². The van der Waals surface area contributed by atoms with E-state index in [4.69, 9.17) is 21.6 Å². The number of ether oxygens (including phenoxy) is 1. The highest BCUT2D eigenvalue weighted by Gasteiger charge is 2.23. The van der Waals surface area contributed by atoms with Crippen LogP contribution in [0.4, 0.5) is 0 Å². The Kier molecular flexibility index (Phi) is 5.94. The first-order valence-electron chi connectivity index (χ1n) is 7.17. The molecular formula is C18H15ClN2O3. The van der Waals surface area contributed by atoms with E-state index in [1.165, 1.54) is 31.4 Å². The largest absolute Gasteiger partial charge is 0.467 e. The van der Waals surface area contributed by atoms with Gasteiger partial charge < -0.3 is 10.1 Å². The summed E-state index contributed by atoms with van der Waals surface area (Å²) in [6.07, 6.45) is 0.217. The number of halogens is 1. The zero-order chi connectivity index (χ0) is 17.5. The van der Waals surface area contributed by atoms with Crippen LogP contribution in [0.1, 0.15) is 21.5 Å². The van der Waals surface area contributed by atoms with Crippen molar-refractivity contribution in [2.75, 3.05) is 7.11 Å². The van der Waals surface area contributed by atoms with Gasteiger partial charge in [0.05, 0.1) is 18.7 Å². The van der Waals surface area contributed by atoms with E-state index in [9.17, 15) is 9.59 Å². The molecular weight excluding hydrogens is 328 g/mol.